The van der Waals surface area contributed by atoms with Crippen LogP contribution in [-0.2, 0) is 9.59 Å². The number of hydrogen-bond acceptors (Lipinski definition) is 2. The summed E-state index contributed by atoms with van der Waals surface area (Å²) in [6.07, 6.45) is 12.4. The number of hydrogen-bond donors (Lipinski definition) is 0. The summed E-state index contributed by atoms with van der Waals surface area (Å²) in [5.74, 6) is 1.36. The van der Waals surface area contributed by atoms with Gasteiger partial charge in [-0.05, 0) is 46.9 Å². The summed E-state index contributed by atoms with van der Waals surface area (Å²) in [7, 11) is 0. The van der Waals surface area contributed by atoms with Gasteiger partial charge in [0.2, 0.25) is 0 Å². The number of carbonyl (C=O) groups is 2. The topological polar surface area (TPSA) is 34.1 Å². The maximum absolute atomic E-state index is 14.3. The van der Waals surface area contributed by atoms with Crippen molar-refractivity contribution in [3.63, 3.8) is 0 Å². The third-order valence-electron chi connectivity index (χ3n) is 9.38. The van der Waals surface area contributed by atoms with Crippen LogP contribution in [0, 0.1) is 11.8 Å². The van der Waals surface area contributed by atoms with Crippen LogP contribution >= 0.6 is 0 Å². The van der Waals surface area contributed by atoms with Gasteiger partial charge in [-0.1, -0.05) is 141 Å². The molecule has 0 N–H and O–H groups in total. The van der Waals surface area contributed by atoms with Crippen LogP contribution in [0.3, 0.4) is 0 Å². The minimum Gasteiger partial charge on any atom is -0.299 e. The van der Waals surface area contributed by atoms with Gasteiger partial charge in [-0.3, -0.25) is 9.59 Å². The molecule has 0 spiro atoms. The van der Waals surface area contributed by atoms with Crippen molar-refractivity contribution in [2.45, 2.75) is 142 Å². The van der Waals surface area contributed by atoms with Crippen LogP contribution in [0.15, 0.2) is 48.5 Å². The Labute approximate surface area is 245 Å². The van der Waals surface area contributed by atoms with Gasteiger partial charge in [0, 0.05) is 36.5 Å². The Hall–Kier alpha value is -2.22. The standard InChI is InChI=1S/C38H56O2/c1-7-9-11-13-15-17-35(39)38-34(31-22-18-29(19-23-31)27(3)4)26-36(40)33(16-14-12-10-8-2)37(38)32-24-20-30(21-25-32)28(5)6/h18-25,27-28,33-34,37-38H,7-17,26H2,1-6H3/t33-,34-,37-,38+/m0/s1. The highest BCUT2D eigenvalue weighted by molar-refractivity contribution is 5.90. The number of unbranched alkanes of at least 4 members (excludes halogenated alkanes) is 7. The minimum atomic E-state index is -0.144. The quantitative estimate of drug-likeness (QED) is 0.197. The molecule has 2 nitrogen and oxygen atoms in total. The smallest absolute Gasteiger partial charge is 0.137 e. The van der Waals surface area contributed by atoms with Gasteiger partial charge in [-0.25, -0.2) is 0 Å². The Bertz CT molecular complexity index is 1030. The Morgan fingerprint density at radius 3 is 1.73 bits per heavy atom. The molecule has 0 amide bonds. The molecule has 1 aliphatic carbocycles. The third kappa shape index (κ3) is 8.64. The van der Waals surface area contributed by atoms with E-state index in [1.807, 2.05) is 0 Å². The van der Waals surface area contributed by atoms with E-state index in [4.69, 9.17) is 0 Å². The van der Waals surface area contributed by atoms with E-state index in [2.05, 4.69) is 90.1 Å². The second-order valence-electron chi connectivity index (χ2n) is 13.1. The van der Waals surface area contributed by atoms with E-state index in [1.54, 1.807) is 0 Å². The van der Waals surface area contributed by atoms with E-state index in [0.717, 1.165) is 37.7 Å². The maximum Gasteiger partial charge on any atom is 0.137 e. The number of Topliss-reactive ketones (excluding diaryl/α,β-unsaturated/α-hetero) is 2. The van der Waals surface area contributed by atoms with Gasteiger partial charge in [-0.2, -0.15) is 0 Å². The molecular weight excluding hydrogens is 488 g/mol. The summed E-state index contributed by atoms with van der Waals surface area (Å²) in [6.45, 7) is 13.3. The highest BCUT2D eigenvalue weighted by atomic mass is 16.1. The van der Waals surface area contributed by atoms with E-state index in [0.29, 0.717) is 36.2 Å². The van der Waals surface area contributed by atoms with Gasteiger partial charge in [0.05, 0.1) is 0 Å². The molecule has 40 heavy (non-hydrogen) atoms. The molecule has 1 saturated carbocycles. The zero-order valence-corrected chi connectivity index (χ0v) is 26.4. The second-order valence-corrected chi connectivity index (χ2v) is 13.1. The fraction of sp³-hybridized carbons (Fsp3) is 0.632. The van der Waals surface area contributed by atoms with Crippen molar-refractivity contribution in [1.29, 1.82) is 0 Å². The summed E-state index contributed by atoms with van der Waals surface area (Å²) in [4.78, 5) is 28.2. The molecule has 1 aliphatic rings. The van der Waals surface area contributed by atoms with Crippen molar-refractivity contribution >= 4 is 11.6 Å². The molecule has 2 aromatic carbocycles. The molecule has 0 unspecified atom stereocenters. The summed E-state index contributed by atoms with van der Waals surface area (Å²) in [5.41, 5.74) is 4.96. The van der Waals surface area contributed by atoms with Crippen molar-refractivity contribution in [2.75, 3.05) is 0 Å². The van der Waals surface area contributed by atoms with Gasteiger partial charge in [0.15, 0.2) is 0 Å². The fourth-order valence-corrected chi connectivity index (χ4v) is 6.82. The van der Waals surface area contributed by atoms with Gasteiger partial charge < -0.3 is 0 Å². The lowest BCUT2D eigenvalue weighted by Crippen LogP contribution is -2.42. The van der Waals surface area contributed by atoms with Crippen molar-refractivity contribution in [3.8, 4) is 0 Å². The van der Waals surface area contributed by atoms with Crippen LogP contribution < -0.4 is 0 Å². The van der Waals surface area contributed by atoms with E-state index in [-0.39, 0.29) is 23.7 Å². The summed E-state index contributed by atoms with van der Waals surface area (Å²) >= 11 is 0. The Balaban J connectivity index is 2.02. The average molecular weight is 545 g/mol. The first-order valence-electron chi connectivity index (χ1n) is 16.5. The van der Waals surface area contributed by atoms with Gasteiger partial charge in [-0.15, -0.1) is 0 Å². The van der Waals surface area contributed by atoms with Crippen LogP contribution in [0.5, 0.6) is 0 Å². The lowest BCUT2D eigenvalue weighted by atomic mass is 9.59. The average Bonchev–Trinajstić information content (AvgIpc) is 2.95. The van der Waals surface area contributed by atoms with Gasteiger partial charge >= 0.3 is 0 Å². The third-order valence-corrected chi connectivity index (χ3v) is 9.38. The van der Waals surface area contributed by atoms with Crippen LogP contribution in [0.4, 0.5) is 0 Å². The summed E-state index contributed by atoms with van der Waals surface area (Å²) < 4.78 is 0. The normalized spacial score (nSPS) is 21.4. The summed E-state index contributed by atoms with van der Waals surface area (Å²) in [6, 6.07) is 17.7. The zero-order valence-electron chi connectivity index (χ0n) is 26.4. The highest BCUT2D eigenvalue weighted by Crippen LogP contribution is 2.50. The Morgan fingerprint density at radius 2 is 1.20 bits per heavy atom. The predicted molar refractivity (Wildman–Crippen MR) is 170 cm³/mol. The minimum absolute atomic E-state index is 0.0398. The molecule has 0 aliphatic heterocycles. The highest BCUT2D eigenvalue weighted by Gasteiger charge is 2.47. The fourth-order valence-electron chi connectivity index (χ4n) is 6.82. The first-order valence-corrected chi connectivity index (χ1v) is 16.5. The molecule has 2 aromatic rings. The van der Waals surface area contributed by atoms with E-state index in [1.165, 1.54) is 48.8 Å². The van der Waals surface area contributed by atoms with Crippen molar-refractivity contribution in [2.24, 2.45) is 11.8 Å². The van der Waals surface area contributed by atoms with E-state index in [9.17, 15) is 9.59 Å². The molecule has 0 bridgehead atoms. The lowest BCUT2D eigenvalue weighted by Gasteiger charge is -2.42. The van der Waals surface area contributed by atoms with Crippen LogP contribution in [-0.4, -0.2) is 11.6 Å². The van der Waals surface area contributed by atoms with Gasteiger partial charge in [0.25, 0.3) is 0 Å². The molecule has 0 saturated heterocycles. The molecule has 0 heterocycles. The molecule has 4 atom stereocenters. The second kappa shape index (κ2) is 16.3. The molecular formula is C38H56O2. The van der Waals surface area contributed by atoms with Gasteiger partial charge in [0.1, 0.15) is 11.6 Å². The molecule has 220 valence electrons. The van der Waals surface area contributed by atoms with Crippen LogP contribution in [0.1, 0.15) is 165 Å². The number of rotatable bonds is 16. The number of benzene rings is 2. The first kappa shape index (κ1) is 32.3. The van der Waals surface area contributed by atoms with Crippen molar-refractivity contribution in [3.05, 3.63) is 70.8 Å². The molecule has 0 aromatic heterocycles. The largest absolute Gasteiger partial charge is 0.299 e. The number of carbonyl (C=O) groups excluding carboxylic acids is 2. The molecule has 2 heteroatoms. The van der Waals surface area contributed by atoms with Crippen molar-refractivity contribution < 1.29 is 9.59 Å². The molecule has 0 radical (unpaired) electrons. The monoisotopic (exact) mass is 544 g/mol. The Kier molecular flexibility index (Phi) is 13.1. The zero-order chi connectivity index (χ0) is 29.1. The van der Waals surface area contributed by atoms with Crippen LogP contribution in [0.2, 0.25) is 0 Å². The first-order chi connectivity index (χ1) is 19.3. The lowest BCUT2D eigenvalue weighted by molar-refractivity contribution is -0.133. The van der Waals surface area contributed by atoms with E-state index < -0.39 is 0 Å². The van der Waals surface area contributed by atoms with Crippen molar-refractivity contribution in [1.82, 2.24) is 0 Å². The maximum atomic E-state index is 14.3. The van der Waals surface area contributed by atoms with Crippen LogP contribution in [0.25, 0.3) is 0 Å². The predicted octanol–water partition coefficient (Wildman–Crippen LogP) is 10.9. The molecule has 3 rings (SSSR count). The van der Waals surface area contributed by atoms with E-state index >= 15 is 0 Å². The SMILES string of the molecule is CCCCCCCC(=O)[C@@H]1[C@@H](c2ccc(C(C)C)cc2)[C@@H](CCCCCC)C(=O)C[C@H]1c1ccc(C(C)C)cc1. The Morgan fingerprint density at radius 1 is 0.700 bits per heavy atom. The molecule has 1 fully saturated rings. The summed E-state index contributed by atoms with van der Waals surface area (Å²) in [5, 5.41) is 0. The number of ketones is 2.